The summed E-state index contributed by atoms with van der Waals surface area (Å²) in [6, 6.07) is 4.63. The molecule has 0 aromatic heterocycles. The third-order valence-electron chi connectivity index (χ3n) is 6.36. The van der Waals surface area contributed by atoms with Gasteiger partial charge in [-0.3, -0.25) is 0 Å². The zero-order valence-electron chi connectivity index (χ0n) is 14.3. The Labute approximate surface area is 144 Å². The van der Waals surface area contributed by atoms with Gasteiger partial charge in [-0.25, -0.2) is 0 Å². The van der Waals surface area contributed by atoms with E-state index in [0.29, 0.717) is 0 Å². The van der Waals surface area contributed by atoms with E-state index in [1.807, 2.05) is 0 Å². The Morgan fingerprint density at radius 3 is 2.54 bits per heavy atom. The summed E-state index contributed by atoms with van der Waals surface area (Å²) in [7, 11) is 0. The molecule has 0 radical (unpaired) electrons. The first-order valence-electron chi connectivity index (χ1n) is 8.93. The third kappa shape index (κ3) is 1.80. The number of hydrogen-bond acceptors (Lipinski definition) is 0. The largest absolute Gasteiger partial charge is 0.0742 e. The van der Waals surface area contributed by atoms with Gasteiger partial charge in [0, 0.05) is 10.8 Å². The Balaban J connectivity index is 1.95. The van der Waals surface area contributed by atoms with Crippen LogP contribution in [0.5, 0.6) is 0 Å². The van der Waals surface area contributed by atoms with E-state index in [1.54, 1.807) is 0 Å². The molecule has 0 N–H and O–H groups in total. The van der Waals surface area contributed by atoms with Crippen LogP contribution in [0.4, 0.5) is 0 Å². The van der Waals surface area contributed by atoms with Crippen molar-refractivity contribution in [2.24, 2.45) is 10.8 Å². The second-order valence-electron chi connectivity index (χ2n) is 7.95. The lowest BCUT2D eigenvalue weighted by Crippen LogP contribution is -2.23. The molecule has 4 aliphatic carbocycles. The van der Waals surface area contributed by atoms with Gasteiger partial charge in [-0.2, -0.15) is 0 Å². The maximum atomic E-state index is 2.43. The second kappa shape index (κ2) is 4.60. The molecule has 0 nitrogen and oxygen atoms in total. The van der Waals surface area contributed by atoms with E-state index in [4.69, 9.17) is 0 Å². The molecule has 0 aliphatic heterocycles. The maximum Gasteiger partial charge on any atom is 0.0181 e. The quantitative estimate of drug-likeness (QED) is 0.517. The van der Waals surface area contributed by atoms with Gasteiger partial charge in [-0.15, -0.1) is 0 Å². The Hall–Kier alpha value is -2.34. The smallest absolute Gasteiger partial charge is 0.0181 e. The van der Waals surface area contributed by atoms with Crippen LogP contribution < -0.4 is 0 Å². The molecule has 5 rings (SSSR count). The van der Waals surface area contributed by atoms with E-state index in [9.17, 15) is 0 Å². The van der Waals surface area contributed by atoms with Crippen molar-refractivity contribution in [3.63, 3.8) is 0 Å². The van der Waals surface area contributed by atoms with Crippen LogP contribution in [0.3, 0.4) is 0 Å². The van der Waals surface area contributed by atoms with Crippen molar-refractivity contribution in [2.75, 3.05) is 0 Å². The van der Waals surface area contributed by atoms with Crippen LogP contribution in [0, 0.1) is 10.8 Å². The molecule has 1 aromatic carbocycles. The monoisotopic (exact) mass is 310 g/mol. The Bertz CT molecular complexity index is 929. The lowest BCUT2D eigenvalue weighted by atomic mass is 9.67. The molecule has 4 aliphatic rings. The predicted octanol–water partition coefficient (Wildman–Crippen LogP) is 6.44. The number of allylic oxidation sites excluding steroid dienone is 9. The van der Waals surface area contributed by atoms with Gasteiger partial charge < -0.3 is 0 Å². The van der Waals surface area contributed by atoms with Crippen LogP contribution in [0.1, 0.15) is 48.9 Å². The zero-order valence-corrected chi connectivity index (χ0v) is 14.3. The van der Waals surface area contributed by atoms with Gasteiger partial charge in [-0.05, 0) is 46.2 Å². The molecule has 2 unspecified atom stereocenters. The molecular formula is C24H22. The van der Waals surface area contributed by atoms with Crippen LogP contribution >= 0.6 is 0 Å². The van der Waals surface area contributed by atoms with Crippen LogP contribution in [0.2, 0.25) is 0 Å². The first-order chi connectivity index (χ1) is 11.6. The first kappa shape index (κ1) is 14.0. The normalized spacial score (nSPS) is 31.6. The third-order valence-corrected chi connectivity index (χ3v) is 6.36. The fourth-order valence-corrected chi connectivity index (χ4v) is 4.61. The summed E-state index contributed by atoms with van der Waals surface area (Å²) >= 11 is 0. The van der Waals surface area contributed by atoms with Gasteiger partial charge in [0.1, 0.15) is 0 Å². The Morgan fingerprint density at radius 2 is 1.62 bits per heavy atom. The molecule has 0 heteroatoms. The summed E-state index contributed by atoms with van der Waals surface area (Å²) < 4.78 is 0. The van der Waals surface area contributed by atoms with Gasteiger partial charge >= 0.3 is 0 Å². The van der Waals surface area contributed by atoms with Crippen molar-refractivity contribution in [3.05, 3.63) is 82.5 Å². The standard InChI is InChI=1S/C24H22/c1-23-13-11-17-7-9-21-20(19(17)12-14-23)10-8-18-5-3-4-6-22(21)24(18,2)16-15-23/h3-14H,15-16H2,1-2H3. The minimum atomic E-state index is 0.0641. The highest BCUT2D eigenvalue weighted by molar-refractivity contribution is 5.90. The van der Waals surface area contributed by atoms with Crippen molar-refractivity contribution in [2.45, 2.75) is 26.7 Å². The van der Waals surface area contributed by atoms with Crippen molar-refractivity contribution >= 4 is 23.8 Å². The molecule has 0 saturated heterocycles. The summed E-state index contributed by atoms with van der Waals surface area (Å²) in [5.41, 5.74) is 8.55. The molecule has 0 spiro atoms. The summed E-state index contributed by atoms with van der Waals surface area (Å²) in [5.74, 6) is 0. The molecule has 0 amide bonds. The molecule has 7 bridgehead atoms. The Morgan fingerprint density at radius 1 is 0.792 bits per heavy atom. The van der Waals surface area contributed by atoms with E-state index in [2.05, 4.69) is 86.7 Å². The fourth-order valence-electron chi connectivity index (χ4n) is 4.61. The number of fused-ring (bicyclic) bond motifs is 1. The van der Waals surface area contributed by atoms with Gasteiger partial charge in [-0.1, -0.05) is 86.7 Å². The minimum Gasteiger partial charge on any atom is -0.0742 e. The number of benzene rings is 1. The minimum absolute atomic E-state index is 0.0641. The first-order valence-corrected chi connectivity index (χ1v) is 8.93. The molecule has 0 saturated carbocycles. The molecule has 1 aromatic rings. The topological polar surface area (TPSA) is 0 Å². The Kier molecular flexibility index (Phi) is 2.69. The van der Waals surface area contributed by atoms with E-state index >= 15 is 0 Å². The zero-order chi connectivity index (χ0) is 16.4. The van der Waals surface area contributed by atoms with Crippen LogP contribution in [0.15, 0.2) is 60.2 Å². The van der Waals surface area contributed by atoms with Crippen LogP contribution in [0.25, 0.3) is 23.8 Å². The summed E-state index contributed by atoms with van der Waals surface area (Å²) in [6.07, 6.45) is 25.5. The van der Waals surface area contributed by atoms with E-state index in [1.165, 1.54) is 33.4 Å². The molecule has 2 atom stereocenters. The average molecular weight is 310 g/mol. The lowest BCUT2D eigenvalue weighted by molar-refractivity contribution is 0.390. The van der Waals surface area contributed by atoms with Crippen molar-refractivity contribution in [1.82, 2.24) is 0 Å². The second-order valence-corrected chi connectivity index (χ2v) is 7.95. The van der Waals surface area contributed by atoms with Gasteiger partial charge in [0.15, 0.2) is 0 Å². The summed E-state index contributed by atoms with van der Waals surface area (Å²) in [4.78, 5) is 0. The van der Waals surface area contributed by atoms with E-state index < -0.39 is 0 Å². The highest BCUT2D eigenvalue weighted by Crippen LogP contribution is 2.53. The van der Waals surface area contributed by atoms with Crippen LogP contribution in [-0.2, 0) is 0 Å². The fraction of sp³-hybridized carbons (Fsp3) is 0.250. The van der Waals surface area contributed by atoms with Crippen LogP contribution in [-0.4, -0.2) is 0 Å². The van der Waals surface area contributed by atoms with Crippen molar-refractivity contribution < 1.29 is 0 Å². The lowest BCUT2D eigenvalue weighted by Gasteiger charge is -2.36. The predicted molar refractivity (Wildman–Crippen MR) is 104 cm³/mol. The molecule has 0 fully saturated rings. The van der Waals surface area contributed by atoms with E-state index in [-0.39, 0.29) is 10.8 Å². The molecular weight excluding hydrogens is 288 g/mol. The van der Waals surface area contributed by atoms with Gasteiger partial charge in [0.2, 0.25) is 0 Å². The molecule has 118 valence electrons. The van der Waals surface area contributed by atoms with Crippen molar-refractivity contribution in [1.29, 1.82) is 0 Å². The highest BCUT2D eigenvalue weighted by Gasteiger charge is 2.38. The van der Waals surface area contributed by atoms with Gasteiger partial charge in [0.05, 0.1) is 0 Å². The van der Waals surface area contributed by atoms with Crippen molar-refractivity contribution in [3.8, 4) is 0 Å². The molecule has 0 heterocycles. The number of hydrogen-bond donors (Lipinski definition) is 0. The summed E-state index contributed by atoms with van der Waals surface area (Å²) in [6.45, 7) is 4.79. The average Bonchev–Trinajstić information content (AvgIpc) is 2.91. The SMILES string of the molecule is CC12C=Cc3ccc4c(c3C=C1)C=CC1=CC=CC=C4C1(C)CC2. The summed E-state index contributed by atoms with van der Waals surface area (Å²) in [5, 5.41) is 0. The molecule has 24 heavy (non-hydrogen) atoms. The maximum absolute atomic E-state index is 2.43. The highest BCUT2D eigenvalue weighted by atomic mass is 14.4. The van der Waals surface area contributed by atoms with E-state index in [0.717, 1.165) is 12.8 Å². The number of rotatable bonds is 0. The van der Waals surface area contributed by atoms with Gasteiger partial charge in [0.25, 0.3) is 0 Å².